The Morgan fingerprint density at radius 3 is 2.58 bits per heavy atom. The van der Waals surface area contributed by atoms with Gasteiger partial charge < -0.3 is 19.1 Å². The number of esters is 1. The normalized spacial score (nSPS) is 12.0. The van der Waals surface area contributed by atoms with Crippen molar-refractivity contribution in [3.8, 4) is 5.75 Å². The molecule has 1 amide bonds. The summed E-state index contributed by atoms with van der Waals surface area (Å²) in [7, 11) is 2.91. The van der Waals surface area contributed by atoms with Gasteiger partial charge in [-0.25, -0.2) is 0 Å². The summed E-state index contributed by atoms with van der Waals surface area (Å²) in [4.78, 5) is 25.8. The SMILES string of the molecule is CCCOc1ccccc1/C=C/C(=O)N(CCOC)CC(C)C(=O)OC. The van der Waals surface area contributed by atoms with Crippen LogP contribution in [-0.2, 0) is 19.1 Å². The molecule has 0 aliphatic carbocycles. The predicted octanol–water partition coefficient (Wildman–Crippen LogP) is 2.77. The van der Waals surface area contributed by atoms with Gasteiger partial charge in [0, 0.05) is 31.8 Å². The third-order valence-corrected chi connectivity index (χ3v) is 3.76. The molecule has 0 heterocycles. The van der Waals surface area contributed by atoms with Crippen LogP contribution in [0.15, 0.2) is 30.3 Å². The standard InChI is InChI=1S/C20H29NO5/c1-5-13-26-18-9-7-6-8-17(18)10-11-19(22)21(12-14-24-3)15-16(2)20(23)25-4/h6-11,16H,5,12-15H2,1-4H3/b11-10+. The van der Waals surface area contributed by atoms with Crippen LogP contribution in [0.5, 0.6) is 5.75 Å². The van der Waals surface area contributed by atoms with E-state index in [0.29, 0.717) is 19.8 Å². The Morgan fingerprint density at radius 2 is 1.92 bits per heavy atom. The van der Waals surface area contributed by atoms with Crippen LogP contribution in [0, 0.1) is 5.92 Å². The Labute approximate surface area is 155 Å². The number of hydrogen-bond acceptors (Lipinski definition) is 5. The monoisotopic (exact) mass is 363 g/mol. The Morgan fingerprint density at radius 1 is 1.19 bits per heavy atom. The molecule has 6 heteroatoms. The molecule has 144 valence electrons. The zero-order valence-electron chi connectivity index (χ0n) is 16.1. The van der Waals surface area contributed by atoms with E-state index in [1.54, 1.807) is 25.0 Å². The van der Waals surface area contributed by atoms with Crippen LogP contribution >= 0.6 is 0 Å². The van der Waals surface area contributed by atoms with Crippen LogP contribution < -0.4 is 4.74 Å². The highest BCUT2D eigenvalue weighted by atomic mass is 16.5. The summed E-state index contributed by atoms with van der Waals surface area (Å²) in [6.45, 7) is 5.45. The topological polar surface area (TPSA) is 65.1 Å². The number of amides is 1. The summed E-state index contributed by atoms with van der Waals surface area (Å²) in [5.74, 6) is -0.204. The molecule has 1 aromatic carbocycles. The van der Waals surface area contributed by atoms with E-state index in [1.165, 1.54) is 13.2 Å². The molecule has 0 aliphatic rings. The van der Waals surface area contributed by atoms with E-state index >= 15 is 0 Å². The minimum Gasteiger partial charge on any atom is -0.493 e. The van der Waals surface area contributed by atoms with Gasteiger partial charge in [0.15, 0.2) is 0 Å². The molecular weight excluding hydrogens is 334 g/mol. The number of para-hydroxylation sites is 1. The van der Waals surface area contributed by atoms with E-state index in [0.717, 1.165) is 17.7 Å². The molecule has 0 fully saturated rings. The van der Waals surface area contributed by atoms with Gasteiger partial charge in [0.2, 0.25) is 5.91 Å². The lowest BCUT2D eigenvalue weighted by Gasteiger charge is -2.23. The van der Waals surface area contributed by atoms with Gasteiger partial charge in [-0.3, -0.25) is 9.59 Å². The molecular formula is C20H29NO5. The molecule has 0 radical (unpaired) electrons. The quantitative estimate of drug-likeness (QED) is 0.447. The van der Waals surface area contributed by atoms with Gasteiger partial charge in [-0.1, -0.05) is 32.0 Å². The highest BCUT2D eigenvalue weighted by Gasteiger charge is 2.20. The van der Waals surface area contributed by atoms with Crippen molar-refractivity contribution < 1.29 is 23.8 Å². The maximum atomic E-state index is 12.6. The van der Waals surface area contributed by atoms with E-state index in [9.17, 15) is 9.59 Å². The summed E-state index contributed by atoms with van der Waals surface area (Å²) in [6, 6.07) is 7.56. The Hall–Kier alpha value is -2.34. The number of hydrogen-bond donors (Lipinski definition) is 0. The lowest BCUT2D eigenvalue weighted by molar-refractivity contribution is -0.146. The average molecular weight is 363 g/mol. The summed E-state index contributed by atoms with van der Waals surface area (Å²) < 4.78 is 15.5. The Bertz CT molecular complexity index is 600. The first-order valence-corrected chi connectivity index (χ1v) is 8.79. The lowest BCUT2D eigenvalue weighted by Crippen LogP contribution is -2.38. The first-order valence-electron chi connectivity index (χ1n) is 8.79. The van der Waals surface area contributed by atoms with E-state index in [1.807, 2.05) is 31.2 Å². The summed E-state index contributed by atoms with van der Waals surface area (Å²) >= 11 is 0. The second kappa shape index (κ2) is 12.1. The zero-order valence-corrected chi connectivity index (χ0v) is 16.1. The number of nitrogens with zero attached hydrogens (tertiary/aromatic N) is 1. The van der Waals surface area contributed by atoms with Crippen molar-refractivity contribution in [1.82, 2.24) is 4.90 Å². The van der Waals surface area contributed by atoms with Crippen molar-refractivity contribution in [1.29, 1.82) is 0 Å². The molecule has 0 spiro atoms. The van der Waals surface area contributed by atoms with Gasteiger partial charge in [0.25, 0.3) is 0 Å². The molecule has 0 saturated heterocycles. The molecule has 1 atom stereocenters. The molecule has 26 heavy (non-hydrogen) atoms. The van der Waals surface area contributed by atoms with Crippen molar-refractivity contribution >= 4 is 18.0 Å². The van der Waals surface area contributed by atoms with Gasteiger partial charge in [0.05, 0.1) is 26.2 Å². The molecule has 0 saturated carbocycles. The molecule has 1 rings (SSSR count). The van der Waals surface area contributed by atoms with Crippen LogP contribution in [0.4, 0.5) is 0 Å². The predicted molar refractivity (Wildman–Crippen MR) is 101 cm³/mol. The molecule has 0 aromatic heterocycles. The fraction of sp³-hybridized carbons (Fsp3) is 0.500. The van der Waals surface area contributed by atoms with Crippen molar-refractivity contribution in [3.63, 3.8) is 0 Å². The zero-order chi connectivity index (χ0) is 19.4. The van der Waals surface area contributed by atoms with E-state index < -0.39 is 5.92 Å². The number of carbonyl (C=O) groups is 2. The molecule has 1 aromatic rings. The molecule has 6 nitrogen and oxygen atoms in total. The summed E-state index contributed by atoms with van der Waals surface area (Å²) in [6.07, 6.45) is 4.14. The van der Waals surface area contributed by atoms with Crippen molar-refractivity contribution in [3.05, 3.63) is 35.9 Å². The van der Waals surface area contributed by atoms with Gasteiger partial charge >= 0.3 is 5.97 Å². The van der Waals surface area contributed by atoms with Crippen LogP contribution in [0.25, 0.3) is 6.08 Å². The van der Waals surface area contributed by atoms with Gasteiger partial charge in [-0.05, 0) is 18.6 Å². The third-order valence-electron chi connectivity index (χ3n) is 3.76. The maximum absolute atomic E-state index is 12.6. The summed E-state index contributed by atoms with van der Waals surface area (Å²) in [5, 5.41) is 0. The fourth-order valence-electron chi connectivity index (χ4n) is 2.33. The van der Waals surface area contributed by atoms with Crippen molar-refractivity contribution in [2.75, 3.05) is 40.5 Å². The van der Waals surface area contributed by atoms with Gasteiger partial charge in [0.1, 0.15) is 5.75 Å². The minimum atomic E-state index is -0.408. The van der Waals surface area contributed by atoms with Crippen molar-refractivity contribution in [2.45, 2.75) is 20.3 Å². The minimum absolute atomic E-state index is 0.192. The highest BCUT2D eigenvalue weighted by molar-refractivity contribution is 5.92. The number of rotatable bonds is 11. The van der Waals surface area contributed by atoms with Crippen LogP contribution in [0.1, 0.15) is 25.8 Å². The number of methoxy groups -OCH3 is 2. The first kappa shape index (κ1) is 21.7. The largest absolute Gasteiger partial charge is 0.493 e. The average Bonchev–Trinajstić information content (AvgIpc) is 2.67. The van der Waals surface area contributed by atoms with E-state index in [2.05, 4.69) is 0 Å². The number of ether oxygens (including phenoxy) is 3. The first-order chi connectivity index (χ1) is 12.5. The molecule has 0 bridgehead atoms. The van der Waals surface area contributed by atoms with E-state index in [4.69, 9.17) is 14.2 Å². The smallest absolute Gasteiger partial charge is 0.310 e. The van der Waals surface area contributed by atoms with E-state index in [-0.39, 0.29) is 18.4 Å². The van der Waals surface area contributed by atoms with Crippen LogP contribution in [-0.4, -0.2) is 57.3 Å². The van der Waals surface area contributed by atoms with Crippen molar-refractivity contribution in [2.24, 2.45) is 5.92 Å². The van der Waals surface area contributed by atoms with Gasteiger partial charge in [-0.15, -0.1) is 0 Å². The summed E-state index contributed by atoms with van der Waals surface area (Å²) in [5.41, 5.74) is 0.835. The maximum Gasteiger partial charge on any atom is 0.310 e. The lowest BCUT2D eigenvalue weighted by atomic mass is 10.1. The molecule has 1 unspecified atom stereocenters. The second-order valence-corrected chi connectivity index (χ2v) is 5.92. The molecule has 0 aliphatic heterocycles. The number of carbonyl (C=O) groups excluding carboxylic acids is 2. The second-order valence-electron chi connectivity index (χ2n) is 5.92. The Kier molecular flexibility index (Phi) is 10.1. The highest BCUT2D eigenvalue weighted by Crippen LogP contribution is 2.20. The van der Waals surface area contributed by atoms with Crippen LogP contribution in [0.2, 0.25) is 0 Å². The fourth-order valence-corrected chi connectivity index (χ4v) is 2.33. The molecule has 0 N–H and O–H groups in total. The number of benzene rings is 1. The Balaban J connectivity index is 2.84. The van der Waals surface area contributed by atoms with Crippen LogP contribution in [0.3, 0.4) is 0 Å². The van der Waals surface area contributed by atoms with Gasteiger partial charge in [-0.2, -0.15) is 0 Å². The third kappa shape index (κ3) is 7.27.